The highest BCUT2D eigenvalue weighted by molar-refractivity contribution is 5.80. The predicted molar refractivity (Wildman–Crippen MR) is 124 cm³/mol. The van der Waals surface area contributed by atoms with Crippen LogP contribution in [-0.4, -0.2) is 47.4 Å². The van der Waals surface area contributed by atoms with Crippen molar-refractivity contribution in [2.24, 2.45) is 0 Å². The molecule has 6 heteroatoms. The zero-order valence-electron chi connectivity index (χ0n) is 19.9. The first-order valence-corrected chi connectivity index (χ1v) is 11.5. The maximum absolute atomic E-state index is 12.4. The molecule has 0 fully saturated rings. The van der Waals surface area contributed by atoms with Crippen molar-refractivity contribution in [3.8, 4) is 0 Å². The molecule has 32 heavy (non-hydrogen) atoms. The van der Waals surface area contributed by atoms with Crippen molar-refractivity contribution < 1.29 is 18.7 Å². The Morgan fingerprint density at radius 1 is 1.16 bits per heavy atom. The van der Waals surface area contributed by atoms with E-state index in [9.17, 15) is 9.59 Å². The Kier molecular flexibility index (Phi) is 8.13. The van der Waals surface area contributed by atoms with Crippen LogP contribution in [0.5, 0.6) is 0 Å². The number of benzene rings is 1. The molecule has 2 aromatic rings. The fourth-order valence-corrected chi connectivity index (χ4v) is 3.91. The fourth-order valence-electron chi connectivity index (χ4n) is 3.91. The molecule has 1 aromatic heterocycles. The maximum Gasteiger partial charge on any atom is 0.410 e. The summed E-state index contributed by atoms with van der Waals surface area (Å²) in [5, 5.41) is 0. The minimum atomic E-state index is -0.525. The van der Waals surface area contributed by atoms with E-state index in [4.69, 9.17) is 9.15 Å². The third kappa shape index (κ3) is 7.52. The van der Waals surface area contributed by atoms with Crippen molar-refractivity contribution in [1.82, 2.24) is 9.80 Å². The van der Waals surface area contributed by atoms with E-state index in [1.165, 1.54) is 16.0 Å². The smallest absolute Gasteiger partial charge is 0.410 e. The summed E-state index contributed by atoms with van der Waals surface area (Å²) < 4.78 is 11.4. The summed E-state index contributed by atoms with van der Waals surface area (Å²) in [7, 11) is 1.71. The highest BCUT2D eigenvalue weighted by Gasteiger charge is 2.24. The minimum absolute atomic E-state index is 0.290. The third-order valence-electron chi connectivity index (χ3n) is 5.52. The molecule has 1 aliphatic rings. The van der Waals surface area contributed by atoms with Gasteiger partial charge < -0.3 is 14.1 Å². The van der Waals surface area contributed by atoms with Crippen LogP contribution in [0.25, 0.3) is 0 Å². The molecular weight excluding hydrogens is 404 g/mol. The van der Waals surface area contributed by atoms with Crippen LogP contribution in [0.1, 0.15) is 62.7 Å². The molecule has 0 unspecified atom stereocenters. The van der Waals surface area contributed by atoms with E-state index >= 15 is 0 Å². The second-order valence-corrected chi connectivity index (χ2v) is 9.69. The zero-order valence-corrected chi connectivity index (χ0v) is 19.9. The van der Waals surface area contributed by atoms with E-state index in [0.29, 0.717) is 26.1 Å². The quantitative estimate of drug-likeness (QED) is 0.514. The van der Waals surface area contributed by atoms with E-state index in [1.54, 1.807) is 7.05 Å². The third-order valence-corrected chi connectivity index (χ3v) is 5.52. The van der Waals surface area contributed by atoms with E-state index in [2.05, 4.69) is 29.2 Å². The summed E-state index contributed by atoms with van der Waals surface area (Å²) in [5.74, 6) is 1.94. The lowest BCUT2D eigenvalue weighted by Crippen LogP contribution is -2.34. The van der Waals surface area contributed by atoms with E-state index in [-0.39, 0.29) is 11.9 Å². The van der Waals surface area contributed by atoms with Crippen molar-refractivity contribution in [3.05, 3.63) is 59.0 Å². The lowest BCUT2D eigenvalue weighted by molar-refractivity contribution is -0.120. The molecule has 1 aromatic carbocycles. The Labute approximate surface area is 191 Å². The number of hydrogen-bond donors (Lipinski definition) is 0. The van der Waals surface area contributed by atoms with Crippen molar-refractivity contribution in [2.45, 2.75) is 71.6 Å². The van der Waals surface area contributed by atoms with Crippen molar-refractivity contribution in [1.29, 1.82) is 0 Å². The molecule has 0 bridgehead atoms. The Bertz CT molecular complexity index is 898. The summed E-state index contributed by atoms with van der Waals surface area (Å²) in [4.78, 5) is 28.3. The van der Waals surface area contributed by atoms with E-state index in [1.807, 2.05) is 32.9 Å². The van der Waals surface area contributed by atoms with Gasteiger partial charge in [-0.25, -0.2) is 4.79 Å². The first kappa shape index (κ1) is 24.1. The van der Waals surface area contributed by atoms with Gasteiger partial charge >= 0.3 is 6.09 Å². The lowest BCUT2D eigenvalue weighted by Gasteiger charge is -2.25. The number of furan rings is 1. The van der Waals surface area contributed by atoms with Gasteiger partial charge in [0.05, 0.1) is 19.6 Å². The Morgan fingerprint density at radius 2 is 1.91 bits per heavy atom. The Hall–Kier alpha value is -2.60. The number of nitrogens with zero attached hydrogens (tertiary/aromatic N) is 2. The van der Waals surface area contributed by atoms with Crippen LogP contribution < -0.4 is 0 Å². The van der Waals surface area contributed by atoms with Crippen molar-refractivity contribution >= 4 is 11.9 Å². The van der Waals surface area contributed by atoms with E-state index in [0.717, 1.165) is 43.7 Å². The SMILES string of the molecule is CN(Cc1cc2c(o1)CN(CC(=O)CCCCc1ccccc1)CC2)C(=O)OC(C)(C)C. The van der Waals surface area contributed by atoms with Gasteiger partial charge in [0, 0.05) is 20.0 Å². The normalized spacial score (nSPS) is 14.1. The summed E-state index contributed by atoms with van der Waals surface area (Å²) in [6.45, 7) is 7.88. The molecule has 0 saturated heterocycles. The van der Waals surface area contributed by atoms with Gasteiger partial charge in [0.15, 0.2) is 0 Å². The second-order valence-electron chi connectivity index (χ2n) is 9.69. The first-order chi connectivity index (χ1) is 15.2. The molecule has 3 rings (SSSR count). The molecular formula is C26H36N2O4. The number of amides is 1. The number of hydrogen-bond acceptors (Lipinski definition) is 5. The van der Waals surface area contributed by atoms with Crippen LogP contribution >= 0.6 is 0 Å². The number of carbonyl (C=O) groups excluding carboxylic acids is 2. The number of carbonyl (C=O) groups is 2. The largest absolute Gasteiger partial charge is 0.463 e. The summed E-state index contributed by atoms with van der Waals surface area (Å²) in [6.07, 6.45) is 4.10. The zero-order chi connectivity index (χ0) is 23.1. The average molecular weight is 441 g/mol. The standard InChI is InChI=1S/C26H36N2O4/c1-26(2,3)32-25(30)27(4)18-23-16-21-14-15-28(19-24(21)31-23)17-22(29)13-9-8-12-20-10-6-5-7-11-20/h5-7,10-11,16H,8-9,12-15,17-19H2,1-4H3. The number of Topliss-reactive ketones (excluding diaryl/α,β-unsaturated/α-hetero) is 1. The molecule has 0 saturated carbocycles. The van der Waals surface area contributed by atoms with Gasteiger partial charge in [-0.3, -0.25) is 9.69 Å². The van der Waals surface area contributed by atoms with Gasteiger partial charge in [-0.2, -0.15) is 0 Å². The molecule has 1 amide bonds. The van der Waals surface area contributed by atoms with Crippen LogP contribution in [0.15, 0.2) is 40.8 Å². The number of rotatable bonds is 9. The fraction of sp³-hybridized carbons (Fsp3) is 0.538. The van der Waals surface area contributed by atoms with Gasteiger partial charge in [0.2, 0.25) is 0 Å². The predicted octanol–water partition coefficient (Wildman–Crippen LogP) is 4.99. The number of ether oxygens (including phenoxy) is 1. The molecule has 0 N–H and O–H groups in total. The molecule has 0 atom stereocenters. The Balaban J connectivity index is 1.42. The van der Waals surface area contributed by atoms with Crippen molar-refractivity contribution in [3.63, 3.8) is 0 Å². The van der Waals surface area contributed by atoms with Crippen LogP contribution in [0, 0.1) is 0 Å². The molecule has 0 spiro atoms. The minimum Gasteiger partial charge on any atom is -0.463 e. The van der Waals surface area contributed by atoms with Gasteiger partial charge in [0.25, 0.3) is 0 Å². The van der Waals surface area contributed by atoms with Gasteiger partial charge in [-0.15, -0.1) is 0 Å². The van der Waals surface area contributed by atoms with Crippen LogP contribution in [0.3, 0.4) is 0 Å². The first-order valence-electron chi connectivity index (χ1n) is 11.5. The number of aryl methyl sites for hydroxylation is 1. The van der Waals surface area contributed by atoms with Gasteiger partial charge in [-0.1, -0.05) is 30.3 Å². The van der Waals surface area contributed by atoms with Crippen LogP contribution in [0.4, 0.5) is 4.79 Å². The number of ketones is 1. The molecule has 0 radical (unpaired) electrons. The number of unbranched alkanes of at least 4 members (excludes halogenated alkanes) is 1. The maximum atomic E-state index is 12.4. The van der Waals surface area contributed by atoms with Crippen LogP contribution in [0.2, 0.25) is 0 Å². The summed E-state index contributed by atoms with van der Waals surface area (Å²) in [5.41, 5.74) is 1.97. The molecule has 0 aliphatic carbocycles. The summed E-state index contributed by atoms with van der Waals surface area (Å²) >= 11 is 0. The monoisotopic (exact) mass is 440 g/mol. The van der Waals surface area contributed by atoms with Crippen molar-refractivity contribution in [2.75, 3.05) is 20.1 Å². The lowest BCUT2D eigenvalue weighted by atomic mass is 10.0. The molecule has 2 heterocycles. The molecule has 6 nitrogen and oxygen atoms in total. The molecule has 1 aliphatic heterocycles. The average Bonchev–Trinajstić information content (AvgIpc) is 3.12. The van der Waals surface area contributed by atoms with Crippen LogP contribution in [-0.2, 0) is 35.5 Å². The van der Waals surface area contributed by atoms with Gasteiger partial charge in [0.1, 0.15) is 22.9 Å². The highest BCUT2D eigenvalue weighted by atomic mass is 16.6. The van der Waals surface area contributed by atoms with E-state index < -0.39 is 5.60 Å². The highest BCUT2D eigenvalue weighted by Crippen LogP contribution is 2.24. The Morgan fingerprint density at radius 3 is 2.62 bits per heavy atom. The van der Waals surface area contributed by atoms with Gasteiger partial charge in [-0.05, 0) is 63.6 Å². The summed E-state index contributed by atoms with van der Waals surface area (Å²) in [6, 6.07) is 12.4. The number of fused-ring (bicyclic) bond motifs is 1. The molecule has 174 valence electrons. The second kappa shape index (κ2) is 10.8. The topological polar surface area (TPSA) is 63.0 Å².